The normalized spacial score (nSPS) is 25.1. The molecule has 2 aromatic rings. The van der Waals surface area contributed by atoms with Crippen LogP contribution in [-0.2, 0) is 0 Å². The average molecular weight is 366 g/mol. The number of hydrogen-bond acceptors (Lipinski definition) is 6. The molecule has 2 aromatic heterocycles. The minimum absolute atomic E-state index is 0. The summed E-state index contributed by atoms with van der Waals surface area (Å²) in [7, 11) is 0. The number of aromatic nitrogens is 2. The van der Waals surface area contributed by atoms with Gasteiger partial charge in [-0.25, -0.2) is 0 Å². The molecule has 0 unspecified atom stereocenters. The first-order valence-corrected chi connectivity index (χ1v) is 9.22. The molecular formula is C18H28ClN5O. The van der Waals surface area contributed by atoms with Crippen molar-refractivity contribution in [2.45, 2.75) is 38.1 Å². The van der Waals surface area contributed by atoms with Crippen molar-refractivity contribution in [3.8, 4) is 0 Å². The van der Waals surface area contributed by atoms with Crippen molar-refractivity contribution in [1.82, 2.24) is 15.0 Å². The second kappa shape index (κ2) is 8.34. The molecule has 0 aromatic carbocycles. The van der Waals surface area contributed by atoms with Gasteiger partial charge in [-0.05, 0) is 44.6 Å². The molecule has 2 fully saturated rings. The summed E-state index contributed by atoms with van der Waals surface area (Å²) in [6.07, 6.45) is 9.98. The van der Waals surface area contributed by atoms with E-state index >= 15 is 0 Å². The lowest BCUT2D eigenvalue weighted by Crippen LogP contribution is -2.47. The molecular weight excluding hydrogens is 338 g/mol. The molecule has 3 heterocycles. The molecule has 138 valence electrons. The van der Waals surface area contributed by atoms with Gasteiger partial charge in [0.05, 0.1) is 5.39 Å². The van der Waals surface area contributed by atoms with Crippen molar-refractivity contribution in [1.29, 1.82) is 0 Å². The Morgan fingerprint density at radius 2 is 1.88 bits per heavy atom. The van der Waals surface area contributed by atoms with Crippen LogP contribution in [-0.4, -0.2) is 53.8 Å². The molecule has 1 aliphatic carbocycles. The van der Waals surface area contributed by atoms with Crippen LogP contribution in [0.15, 0.2) is 23.0 Å². The van der Waals surface area contributed by atoms with Crippen molar-refractivity contribution < 1.29 is 4.52 Å². The Hall–Kier alpha value is -1.37. The van der Waals surface area contributed by atoms with E-state index in [-0.39, 0.29) is 12.4 Å². The fourth-order valence-electron chi connectivity index (χ4n) is 4.02. The van der Waals surface area contributed by atoms with Crippen LogP contribution < -0.4 is 10.6 Å². The third-order valence-corrected chi connectivity index (χ3v) is 5.67. The predicted molar refractivity (Wildman–Crippen MR) is 102 cm³/mol. The van der Waals surface area contributed by atoms with Crippen LogP contribution in [0.1, 0.15) is 32.1 Å². The second-order valence-electron chi connectivity index (χ2n) is 7.28. The molecule has 7 heteroatoms. The number of hydrogen-bond donors (Lipinski definition) is 1. The first kappa shape index (κ1) is 18.4. The summed E-state index contributed by atoms with van der Waals surface area (Å²) in [5.74, 6) is 1.83. The zero-order chi connectivity index (χ0) is 16.4. The zero-order valence-electron chi connectivity index (χ0n) is 14.6. The predicted octanol–water partition coefficient (Wildman–Crippen LogP) is 2.67. The third-order valence-electron chi connectivity index (χ3n) is 5.67. The number of rotatable bonds is 4. The fourth-order valence-corrected chi connectivity index (χ4v) is 4.02. The Morgan fingerprint density at radius 3 is 2.64 bits per heavy atom. The minimum Gasteiger partial charge on any atom is -0.354 e. The smallest absolute Gasteiger partial charge is 0.181 e. The summed E-state index contributed by atoms with van der Waals surface area (Å²) in [5, 5.41) is 5.27. The molecule has 6 nitrogen and oxygen atoms in total. The molecule has 0 bridgehead atoms. The van der Waals surface area contributed by atoms with E-state index in [1.165, 1.54) is 38.6 Å². The summed E-state index contributed by atoms with van der Waals surface area (Å²) in [4.78, 5) is 9.11. The lowest BCUT2D eigenvalue weighted by atomic mass is 9.84. The maximum absolute atomic E-state index is 6.00. The summed E-state index contributed by atoms with van der Waals surface area (Å²) in [6, 6.07) is 2.33. The molecule has 2 N–H and O–H groups in total. The van der Waals surface area contributed by atoms with Crippen molar-refractivity contribution in [3.05, 3.63) is 18.5 Å². The molecule has 1 aliphatic heterocycles. The fraction of sp³-hybridized carbons (Fsp3) is 0.667. The molecule has 2 aliphatic rings. The van der Waals surface area contributed by atoms with E-state index in [2.05, 4.69) is 19.9 Å². The quantitative estimate of drug-likeness (QED) is 0.898. The van der Waals surface area contributed by atoms with Gasteiger partial charge in [0.15, 0.2) is 11.4 Å². The van der Waals surface area contributed by atoms with Crippen molar-refractivity contribution in [3.63, 3.8) is 0 Å². The Kier molecular flexibility index (Phi) is 6.15. The molecule has 0 amide bonds. The number of piperazine rings is 1. The Labute approximate surface area is 155 Å². The topological polar surface area (TPSA) is 71.4 Å². The van der Waals surface area contributed by atoms with Gasteiger partial charge >= 0.3 is 0 Å². The lowest BCUT2D eigenvalue weighted by molar-refractivity contribution is 0.216. The SMILES string of the molecule is Cl.NC1CCC(CCN2CCN(c3noc4ccncc34)CC2)CC1. The standard InChI is InChI=1S/C18H27N5O.ClH/c19-15-3-1-14(2-4-15)6-8-22-9-11-23(12-10-22)18-16-13-20-7-5-17(16)24-21-18;/h5,7,13-15H,1-4,6,8-12,19H2;1H. The van der Waals surface area contributed by atoms with Crippen molar-refractivity contribution >= 4 is 29.2 Å². The number of pyridine rings is 1. The average Bonchev–Trinajstić information content (AvgIpc) is 3.06. The molecule has 0 spiro atoms. The first-order chi connectivity index (χ1) is 11.8. The lowest BCUT2D eigenvalue weighted by Gasteiger charge is -2.36. The van der Waals surface area contributed by atoms with Gasteiger partial charge < -0.3 is 15.2 Å². The van der Waals surface area contributed by atoms with Gasteiger partial charge in [-0.1, -0.05) is 5.16 Å². The second-order valence-corrected chi connectivity index (χ2v) is 7.28. The van der Waals surface area contributed by atoms with Crippen LogP contribution >= 0.6 is 12.4 Å². The summed E-state index contributed by atoms with van der Waals surface area (Å²) >= 11 is 0. The van der Waals surface area contributed by atoms with Crippen LogP contribution in [0.3, 0.4) is 0 Å². The van der Waals surface area contributed by atoms with Gasteiger partial charge in [-0.2, -0.15) is 0 Å². The van der Waals surface area contributed by atoms with Crippen molar-refractivity contribution in [2.24, 2.45) is 11.7 Å². The van der Waals surface area contributed by atoms with Crippen LogP contribution in [0, 0.1) is 5.92 Å². The molecule has 25 heavy (non-hydrogen) atoms. The Morgan fingerprint density at radius 1 is 1.12 bits per heavy atom. The van der Waals surface area contributed by atoms with Gasteiger partial charge in [0.1, 0.15) is 0 Å². The van der Waals surface area contributed by atoms with E-state index in [0.717, 1.165) is 48.9 Å². The highest BCUT2D eigenvalue weighted by Gasteiger charge is 2.23. The largest absolute Gasteiger partial charge is 0.354 e. The van der Waals surface area contributed by atoms with Gasteiger partial charge in [-0.3, -0.25) is 9.88 Å². The van der Waals surface area contributed by atoms with E-state index < -0.39 is 0 Å². The van der Waals surface area contributed by atoms with Crippen LogP contribution in [0.5, 0.6) is 0 Å². The maximum atomic E-state index is 6.00. The van der Waals surface area contributed by atoms with E-state index in [0.29, 0.717) is 6.04 Å². The summed E-state index contributed by atoms with van der Waals surface area (Å²) in [6.45, 7) is 5.43. The molecule has 4 rings (SSSR count). The van der Waals surface area contributed by atoms with Crippen molar-refractivity contribution in [2.75, 3.05) is 37.6 Å². The van der Waals surface area contributed by atoms with Gasteiger partial charge in [0.25, 0.3) is 0 Å². The number of anilines is 1. The van der Waals surface area contributed by atoms with Gasteiger partial charge in [0.2, 0.25) is 0 Å². The number of nitrogens with two attached hydrogens (primary N) is 1. The number of nitrogens with zero attached hydrogens (tertiary/aromatic N) is 4. The summed E-state index contributed by atoms with van der Waals surface area (Å²) < 4.78 is 5.41. The molecule has 0 radical (unpaired) electrons. The highest BCUT2D eigenvalue weighted by Crippen LogP contribution is 2.27. The van der Waals surface area contributed by atoms with E-state index in [9.17, 15) is 0 Å². The van der Waals surface area contributed by atoms with Gasteiger partial charge in [-0.15, -0.1) is 12.4 Å². The monoisotopic (exact) mass is 365 g/mol. The minimum atomic E-state index is 0. The van der Waals surface area contributed by atoms with Crippen LogP contribution in [0.25, 0.3) is 11.0 Å². The Bertz CT molecular complexity index is 662. The number of fused-ring (bicyclic) bond motifs is 1. The van der Waals surface area contributed by atoms with E-state index in [1.54, 1.807) is 6.20 Å². The molecule has 1 saturated heterocycles. The molecule has 1 saturated carbocycles. The highest BCUT2D eigenvalue weighted by molar-refractivity contribution is 5.87. The highest BCUT2D eigenvalue weighted by atomic mass is 35.5. The van der Waals surface area contributed by atoms with Crippen LogP contribution in [0.4, 0.5) is 5.82 Å². The maximum Gasteiger partial charge on any atom is 0.181 e. The van der Waals surface area contributed by atoms with Gasteiger partial charge in [0, 0.05) is 50.7 Å². The van der Waals surface area contributed by atoms with E-state index in [1.807, 2.05) is 12.3 Å². The zero-order valence-corrected chi connectivity index (χ0v) is 15.5. The third kappa shape index (κ3) is 4.25. The van der Waals surface area contributed by atoms with Crippen LogP contribution in [0.2, 0.25) is 0 Å². The Balaban J connectivity index is 0.00000182. The first-order valence-electron chi connectivity index (χ1n) is 9.22. The van der Waals surface area contributed by atoms with E-state index in [4.69, 9.17) is 10.3 Å². The summed E-state index contributed by atoms with van der Waals surface area (Å²) in [5.41, 5.74) is 6.82. The molecule has 0 atom stereocenters. The number of halogens is 1.